The molecule has 0 spiro atoms. The molecule has 7 nitrogen and oxygen atoms in total. The standard InChI is InChI=1S/C35H58N2O5/c1-21-10-15-35(30(42)37-19-28(41)36-18-23(39)20-38)17-16-33(6)24(29(35)22(21)2)8-9-26-32(5)13-12-27(40)31(3,4)25(32)11-14-34(26,33)7/h8,21-23,25-27,29,38-40H,9-20H2,1-7H3,(H,36,41)(H,37,42)/t21-,22+,23?,25+,26-,27+,29+,32+,33-,34-,35+/m1/s1. The second-order valence-electron chi connectivity index (χ2n) is 16.5. The highest BCUT2D eigenvalue weighted by molar-refractivity contribution is 5.88. The fraction of sp³-hybridized carbons (Fsp3) is 0.886. The number of amides is 2. The number of fused-ring (bicyclic) bond motifs is 7. The molecular weight excluding hydrogens is 528 g/mol. The Morgan fingerprint density at radius 2 is 1.67 bits per heavy atom. The monoisotopic (exact) mass is 586 g/mol. The van der Waals surface area contributed by atoms with E-state index in [1.165, 1.54) is 5.57 Å². The molecule has 0 bridgehead atoms. The first-order valence-electron chi connectivity index (χ1n) is 16.8. The van der Waals surface area contributed by atoms with Gasteiger partial charge >= 0.3 is 0 Å². The SMILES string of the molecule is C[C@H]1[C@H](C)CC[C@]2(C(=O)NCC(=O)NCC(O)CO)CC[C@]3(C)C(=CC[C@@H]4[C@@]5(C)CC[C@H](O)C(C)(C)[C@@H]5CC[C@]43C)[C@H]12. The molecule has 1 unspecified atom stereocenters. The van der Waals surface area contributed by atoms with Crippen molar-refractivity contribution < 1.29 is 24.9 Å². The second kappa shape index (κ2) is 10.9. The molecule has 0 radical (unpaired) electrons. The van der Waals surface area contributed by atoms with Gasteiger partial charge in [0.25, 0.3) is 0 Å². The number of carbonyl (C=O) groups excluding carboxylic acids is 2. The minimum absolute atomic E-state index is 0.00183. The Hall–Kier alpha value is -1.44. The molecule has 4 fully saturated rings. The van der Waals surface area contributed by atoms with Gasteiger partial charge in [0.2, 0.25) is 11.8 Å². The summed E-state index contributed by atoms with van der Waals surface area (Å²) < 4.78 is 0. The summed E-state index contributed by atoms with van der Waals surface area (Å²) in [5.41, 5.74) is 1.26. The van der Waals surface area contributed by atoms with E-state index in [1.807, 2.05) is 0 Å². The molecule has 42 heavy (non-hydrogen) atoms. The third-order valence-corrected chi connectivity index (χ3v) is 14.6. The summed E-state index contributed by atoms with van der Waals surface area (Å²) in [6.07, 6.45) is 10.4. The van der Waals surface area contributed by atoms with Gasteiger partial charge in [-0.05, 0) is 109 Å². The third kappa shape index (κ3) is 4.53. The molecule has 2 amide bonds. The first kappa shape index (κ1) is 32.0. The molecular formula is C35H58N2O5. The minimum atomic E-state index is -1.00. The van der Waals surface area contributed by atoms with E-state index in [0.29, 0.717) is 23.7 Å². The van der Waals surface area contributed by atoms with Crippen LogP contribution in [-0.4, -0.2) is 59.0 Å². The maximum absolute atomic E-state index is 14.2. The van der Waals surface area contributed by atoms with E-state index in [2.05, 4.69) is 65.2 Å². The highest BCUT2D eigenvalue weighted by Crippen LogP contribution is 2.75. The van der Waals surface area contributed by atoms with Gasteiger partial charge in [-0.1, -0.05) is 60.1 Å². The van der Waals surface area contributed by atoms with Crippen LogP contribution in [0.2, 0.25) is 0 Å². The predicted octanol–water partition coefficient (Wildman–Crippen LogP) is 4.59. The fourth-order valence-electron chi connectivity index (χ4n) is 11.6. The van der Waals surface area contributed by atoms with Crippen LogP contribution in [0.25, 0.3) is 0 Å². The van der Waals surface area contributed by atoms with Crippen LogP contribution in [0.5, 0.6) is 0 Å². The molecule has 5 aliphatic rings. The van der Waals surface area contributed by atoms with Crippen LogP contribution in [0.1, 0.15) is 106 Å². The van der Waals surface area contributed by atoms with Crippen LogP contribution < -0.4 is 10.6 Å². The fourth-order valence-corrected chi connectivity index (χ4v) is 11.6. The van der Waals surface area contributed by atoms with E-state index >= 15 is 0 Å². The van der Waals surface area contributed by atoms with E-state index in [-0.39, 0.29) is 58.6 Å². The molecule has 0 saturated heterocycles. The lowest BCUT2D eigenvalue weighted by molar-refractivity contribution is -0.204. The maximum atomic E-state index is 14.2. The average molecular weight is 587 g/mol. The Balaban J connectivity index is 1.46. The first-order valence-corrected chi connectivity index (χ1v) is 16.8. The van der Waals surface area contributed by atoms with Crippen molar-refractivity contribution in [2.45, 2.75) is 118 Å². The van der Waals surface area contributed by atoms with Gasteiger partial charge in [-0.15, -0.1) is 0 Å². The second-order valence-corrected chi connectivity index (χ2v) is 16.5. The lowest BCUT2D eigenvalue weighted by Gasteiger charge is -2.71. The number of hydrogen-bond donors (Lipinski definition) is 5. The zero-order valence-corrected chi connectivity index (χ0v) is 27.3. The average Bonchev–Trinajstić information content (AvgIpc) is 2.94. The van der Waals surface area contributed by atoms with Crippen LogP contribution in [0.15, 0.2) is 11.6 Å². The number of nitrogens with one attached hydrogen (secondary N) is 2. The van der Waals surface area contributed by atoms with Crippen molar-refractivity contribution in [3.05, 3.63) is 11.6 Å². The molecule has 5 aliphatic carbocycles. The molecule has 0 heterocycles. The molecule has 4 saturated carbocycles. The van der Waals surface area contributed by atoms with Crippen molar-refractivity contribution in [1.82, 2.24) is 10.6 Å². The van der Waals surface area contributed by atoms with Gasteiger partial charge in [0.1, 0.15) is 0 Å². The van der Waals surface area contributed by atoms with Gasteiger partial charge in [-0.3, -0.25) is 9.59 Å². The Bertz CT molecular complexity index is 1100. The van der Waals surface area contributed by atoms with Crippen LogP contribution in [0.3, 0.4) is 0 Å². The summed E-state index contributed by atoms with van der Waals surface area (Å²) in [6.45, 7) is 16.3. The lowest BCUT2D eigenvalue weighted by Crippen LogP contribution is -2.66. The van der Waals surface area contributed by atoms with Gasteiger partial charge < -0.3 is 26.0 Å². The van der Waals surface area contributed by atoms with E-state index in [9.17, 15) is 19.8 Å². The van der Waals surface area contributed by atoms with Crippen LogP contribution >= 0.6 is 0 Å². The van der Waals surface area contributed by atoms with Crippen molar-refractivity contribution in [2.24, 2.45) is 56.7 Å². The molecule has 5 rings (SSSR count). The number of rotatable bonds is 6. The number of hydrogen-bond acceptors (Lipinski definition) is 5. The topological polar surface area (TPSA) is 119 Å². The Labute approximate surface area is 253 Å². The van der Waals surface area contributed by atoms with Crippen LogP contribution in [0.4, 0.5) is 0 Å². The van der Waals surface area contributed by atoms with Crippen LogP contribution in [-0.2, 0) is 9.59 Å². The van der Waals surface area contributed by atoms with Gasteiger partial charge in [-0.2, -0.15) is 0 Å². The zero-order chi connectivity index (χ0) is 30.9. The Morgan fingerprint density at radius 3 is 2.36 bits per heavy atom. The van der Waals surface area contributed by atoms with E-state index in [1.54, 1.807) is 0 Å². The number of carbonyl (C=O) groups is 2. The van der Waals surface area contributed by atoms with Crippen LogP contribution in [0, 0.1) is 56.7 Å². The number of aliphatic hydroxyl groups excluding tert-OH is 3. The van der Waals surface area contributed by atoms with Gasteiger partial charge in [0, 0.05) is 6.54 Å². The summed E-state index contributed by atoms with van der Waals surface area (Å²) in [5.74, 6) is 1.78. The first-order chi connectivity index (χ1) is 19.6. The zero-order valence-electron chi connectivity index (χ0n) is 27.3. The van der Waals surface area contributed by atoms with E-state index in [0.717, 1.165) is 57.8 Å². The van der Waals surface area contributed by atoms with Gasteiger partial charge in [0.15, 0.2) is 0 Å². The van der Waals surface area contributed by atoms with E-state index in [4.69, 9.17) is 5.11 Å². The molecule has 238 valence electrons. The molecule has 11 atom stereocenters. The Morgan fingerprint density at radius 1 is 0.952 bits per heavy atom. The minimum Gasteiger partial charge on any atom is -0.394 e. The van der Waals surface area contributed by atoms with Gasteiger partial charge in [-0.25, -0.2) is 0 Å². The normalized spacial score (nSPS) is 46.6. The summed E-state index contributed by atoms with van der Waals surface area (Å²) >= 11 is 0. The summed E-state index contributed by atoms with van der Waals surface area (Å²) in [5, 5.41) is 35.2. The van der Waals surface area contributed by atoms with Crippen molar-refractivity contribution in [1.29, 1.82) is 0 Å². The highest BCUT2D eigenvalue weighted by atomic mass is 16.3. The summed E-state index contributed by atoms with van der Waals surface area (Å²) in [6, 6.07) is 0. The lowest BCUT2D eigenvalue weighted by atomic mass is 9.33. The number of aliphatic hydroxyl groups is 3. The largest absolute Gasteiger partial charge is 0.394 e. The predicted molar refractivity (Wildman–Crippen MR) is 164 cm³/mol. The summed E-state index contributed by atoms with van der Waals surface area (Å²) in [4.78, 5) is 26.6. The van der Waals surface area contributed by atoms with Crippen molar-refractivity contribution in [3.63, 3.8) is 0 Å². The number of allylic oxidation sites excluding steroid dienone is 2. The molecule has 5 N–H and O–H groups in total. The highest BCUT2D eigenvalue weighted by Gasteiger charge is 2.69. The maximum Gasteiger partial charge on any atom is 0.239 e. The molecule has 7 heteroatoms. The third-order valence-electron chi connectivity index (χ3n) is 14.6. The van der Waals surface area contributed by atoms with Crippen molar-refractivity contribution >= 4 is 11.8 Å². The smallest absolute Gasteiger partial charge is 0.239 e. The molecule has 0 aromatic heterocycles. The quantitative estimate of drug-likeness (QED) is 0.292. The molecule has 0 aromatic rings. The molecule has 0 aliphatic heterocycles. The van der Waals surface area contributed by atoms with E-state index < -0.39 is 18.1 Å². The molecule has 0 aromatic carbocycles. The van der Waals surface area contributed by atoms with Crippen molar-refractivity contribution in [2.75, 3.05) is 19.7 Å². The Kier molecular flexibility index (Phi) is 8.27. The van der Waals surface area contributed by atoms with Gasteiger partial charge in [0.05, 0.1) is 30.8 Å². The summed E-state index contributed by atoms with van der Waals surface area (Å²) in [7, 11) is 0. The van der Waals surface area contributed by atoms with Crippen molar-refractivity contribution in [3.8, 4) is 0 Å².